The molecule has 2 heterocycles. The lowest BCUT2D eigenvalue weighted by atomic mass is 9.85. The number of rotatable bonds is 1. The molecule has 2 rings (SSSR count). The minimum Gasteiger partial charge on any atom is -0.379 e. The van der Waals surface area contributed by atoms with E-state index in [0.29, 0.717) is 11.2 Å². The second kappa shape index (κ2) is 2.43. The van der Waals surface area contributed by atoms with Gasteiger partial charge in [0, 0.05) is 17.0 Å². The second-order valence-electron chi connectivity index (χ2n) is 3.57. The smallest absolute Gasteiger partial charge is 0.110 e. The van der Waals surface area contributed by atoms with Gasteiger partial charge in [-0.3, -0.25) is 0 Å². The molecule has 1 unspecified atom stereocenters. The first kappa shape index (κ1) is 8.00. The fraction of sp³-hybridized carbons (Fsp3) is 1.00. The number of hydrogen-bond acceptors (Lipinski definition) is 2. The van der Waals surface area contributed by atoms with Crippen molar-refractivity contribution >= 4 is 19.6 Å². The molecule has 0 N–H and O–H groups in total. The van der Waals surface area contributed by atoms with Gasteiger partial charge in [-0.15, -0.1) is 0 Å². The van der Waals surface area contributed by atoms with Crippen molar-refractivity contribution in [3.8, 4) is 0 Å². The standard InChI is InChI=1S/C8H13BOS/c1-3-8-4-11-6(5(8)2)7(9)10-8/h5-7H,3-4H2,1-2H3/t5?,6-,7+,8-/m0/s1. The maximum atomic E-state index is 5.83. The first-order valence-corrected chi connectivity index (χ1v) is 5.29. The largest absolute Gasteiger partial charge is 0.379 e. The molecule has 4 atom stereocenters. The number of thioether (sulfide) groups is 1. The molecule has 11 heavy (non-hydrogen) atoms. The molecule has 0 aromatic heterocycles. The number of ether oxygens (including phenoxy) is 1. The van der Waals surface area contributed by atoms with Crippen molar-refractivity contribution in [1.82, 2.24) is 0 Å². The molecular weight excluding hydrogens is 155 g/mol. The highest BCUT2D eigenvalue weighted by molar-refractivity contribution is 8.00. The van der Waals surface area contributed by atoms with E-state index in [-0.39, 0.29) is 11.6 Å². The van der Waals surface area contributed by atoms with Gasteiger partial charge in [0.05, 0.1) is 5.60 Å². The van der Waals surface area contributed by atoms with Crippen LogP contribution in [0.15, 0.2) is 0 Å². The highest BCUT2D eigenvalue weighted by Gasteiger charge is 2.55. The Hall–Kier alpha value is 0.375. The summed E-state index contributed by atoms with van der Waals surface area (Å²) in [5.74, 6) is 1.79. The van der Waals surface area contributed by atoms with Gasteiger partial charge in [-0.05, 0) is 12.3 Å². The topological polar surface area (TPSA) is 9.23 Å². The Morgan fingerprint density at radius 2 is 2.45 bits per heavy atom. The van der Waals surface area contributed by atoms with Crippen LogP contribution in [0.2, 0.25) is 0 Å². The molecule has 2 fully saturated rings. The summed E-state index contributed by atoms with van der Waals surface area (Å²) in [6.07, 6.45) is 1.10. The van der Waals surface area contributed by atoms with Crippen molar-refractivity contribution in [2.24, 2.45) is 5.92 Å². The highest BCUT2D eigenvalue weighted by Crippen LogP contribution is 2.52. The van der Waals surface area contributed by atoms with E-state index in [1.807, 2.05) is 11.8 Å². The van der Waals surface area contributed by atoms with Crippen LogP contribution in [0.3, 0.4) is 0 Å². The summed E-state index contributed by atoms with van der Waals surface area (Å²) in [7, 11) is 5.83. The van der Waals surface area contributed by atoms with Gasteiger partial charge in [0.2, 0.25) is 0 Å². The maximum absolute atomic E-state index is 5.83. The Bertz CT molecular complexity index is 175. The number of fused-ring (bicyclic) bond motifs is 2. The van der Waals surface area contributed by atoms with Crippen LogP contribution in [0.25, 0.3) is 0 Å². The summed E-state index contributed by atoms with van der Waals surface area (Å²) < 4.78 is 5.77. The molecule has 2 radical (unpaired) electrons. The van der Waals surface area contributed by atoms with Crippen LogP contribution < -0.4 is 0 Å². The zero-order valence-corrected chi connectivity index (χ0v) is 7.86. The summed E-state index contributed by atoms with van der Waals surface area (Å²) in [6, 6.07) is -0.0105. The molecular formula is C8H13BOS. The highest BCUT2D eigenvalue weighted by atomic mass is 32.2. The van der Waals surface area contributed by atoms with E-state index in [1.54, 1.807) is 0 Å². The van der Waals surface area contributed by atoms with Gasteiger partial charge in [0.25, 0.3) is 0 Å². The SMILES string of the molecule is [B][C@@H]1O[C@@]2(CC)CS[C@H]1C2C. The van der Waals surface area contributed by atoms with E-state index in [4.69, 9.17) is 12.6 Å². The Labute approximate surface area is 73.7 Å². The van der Waals surface area contributed by atoms with Crippen molar-refractivity contribution in [2.75, 3.05) is 5.75 Å². The molecule has 0 aliphatic carbocycles. The van der Waals surface area contributed by atoms with Gasteiger partial charge in [0.15, 0.2) is 0 Å². The molecule has 0 amide bonds. The Balaban J connectivity index is 2.24. The Morgan fingerprint density at radius 3 is 2.73 bits per heavy atom. The van der Waals surface area contributed by atoms with Crippen molar-refractivity contribution in [2.45, 2.75) is 37.1 Å². The molecule has 2 aliphatic heterocycles. The lowest BCUT2D eigenvalue weighted by Crippen LogP contribution is -2.35. The summed E-state index contributed by atoms with van der Waals surface area (Å²) in [5, 5.41) is 0.551. The third kappa shape index (κ3) is 0.904. The molecule has 60 valence electrons. The average Bonchev–Trinajstić information content (AvgIpc) is 2.42. The van der Waals surface area contributed by atoms with Crippen LogP contribution in [0.1, 0.15) is 20.3 Å². The van der Waals surface area contributed by atoms with Crippen LogP contribution in [-0.4, -0.2) is 30.5 Å². The van der Waals surface area contributed by atoms with E-state index < -0.39 is 0 Å². The maximum Gasteiger partial charge on any atom is 0.110 e. The minimum absolute atomic E-state index is 0.0105. The Kier molecular flexibility index (Phi) is 1.77. The summed E-state index contributed by atoms with van der Waals surface area (Å²) >= 11 is 1.98. The second-order valence-corrected chi connectivity index (χ2v) is 4.73. The molecule has 0 saturated carbocycles. The number of hydrogen-bond donors (Lipinski definition) is 0. The monoisotopic (exact) mass is 168 g/mol. The van der Waals surface area contributed by atoms with Crippen molar-refractivity contribution in [3.05, 3.63) is 0 Å². The predicted octanol–water partition coefficient (Wildman–Crippen LogP) is 1.41. The lowest BCUT2D eigenvalue weighted by molar-refractivity contribution is -0.0154. The van der Waals surface area contributed by atoms with Crippen molar-refractivity contribution < 1.29 is 4.74 Å². The predicted molar refractivity (Wildman–Crippen MR) is 49.1 cm³/mol. The molecule has 2 saturated heterocycles. The van der Waals surface area contributed by atoms with Gasteiger partial charge in [0.1, 0.15) is 7.85 Å². The fourth-order valence-corrected chi connectivity index (χ4v) is 3.97. The molecule has 0 spiro atoms. The van der Waals surface area contributed by atoms with Crippen LogP contribution in [-0.2, 0) is 4.74 Å². The molecule has 0 aromatic rings. The van der Waals surface area contributed by atoms with E-state index in [9.17, 15) is 0 Å². The summed E-state index contributed by atoms with van der Waals surface area (Å²) in [4.78, 5) is 0. The zero-order valence-electron chi connectivity index (χ0n) is 7.04. The third-order valence-electron chi connectivity index (χ3n) is 3.14. The first-order chi connectivity index (χ1) is 5.19. The van der Waals surface area contributed by atoms with Crippen molar-refractivity contribution in [1.29, 1.82) is 0 Å². The van der Waals surface area contributed by atoms with Crippen LogP contribution in [0, 0.1) is 5.92 Å². The van der Waals surface area contributed by atoms with E-state index >= 15 is 0 Å². The Morgan fingerprint density at radius 1 is 1.73 bits per heavy atom. The third-order valence-corrected chi connectivity index (χ3v) is 4.85. The van der Waals surface area contributed by atoms with Crippen LogP contribution >= 0.6 is 11.8 Å². The van der Waals surface area contributed by atoms with Gasteiger partial charge in [-0.2, -0.15) is 11.8 Å². The first-order valence-electron chi connectivity index (χ1n) is 4.24. The van der Waals surface area contributed by atoms with Crippen LogP contribution in [0.5, 0.6) is 0 Å². The minimum atomic E-state index is -0.0105. The summed E-state index contributed by atoms with van der Waals surface area (Å²) in [5.41, 5.74) is 0.120. The van der Waals surface area contributed by atoms with Gasteiger partial charge in [-0.25, -0.2) is 0 Å². The average molecular weight is 168 g/mol. The van der Waals surface area contributed by atoms with Gasteiger partial charge >= 0.3 is 0 Å². The van der Waals surface area contributed by atoms with Crippen molar-refractivity contribution in [3.63, 3.8) is 0 Å². The van der Waals surface area contributed by atoms with Gasteiger partial charge < -0.3 is 4.74 Å². The van der Waals surface area contributed by atoms with E-state index in [1.165, 1.54) is 0 Å². The zero-order chi connectivity index (χ0) is 8.06. The quantitative estimate of drug-likeness (QED) is 0.547. The summed E-state index contributed by atoms with van der Waals surface area (Å²) in [6.45, 7) is 4.46. The van der Waals surface area contributed by atoms with Gasteiger partial charge in [-0.1, -0.05) is 13.8 Å². The lowest BCUT2D eigenvalue weighted by Gasteiger charge is -2.29. The normalized spacial score (nSPS) is 55.3. The van der Waals surface area contributed by atoms with E-state index in [0.717, 1.165) is 12.2 Å². The molecule has 1 nitrogen and oxygen atoms in total. The molecule has 2 bridgehead atoms. The molecule has 2 aliphatic rings. The van der Waals surface area contributed by atoms with E-state index in [2.05, 4.69) is 13.8 Å². The van der Waals surface area contributed by atoms with Crippen LogP contribution in [0.4, 0.5) is 0 Å². The molecule has 0 aromatic carbocycles. The molecule has 3 heteroatoms. The fourth-order valence-electron chi connectivity index (χ4n) is 2.18.